The third kappa shape index (κ3) is 3.23. The number of para-hydroxylation sites is 1. The van der Waals surface area contributed by atoms with Crippen LogP contribution in [0.5, 0.6) is 0 Å². The van der Waals surface area contributed by atoms with Crippen LogP contribution in [0.1, 0.15) is 41.9 Å². The molecule has 1 aliphatic rings. The smallest absolute Gasteiger partial charge is 0.356 e. The average molecular weight is 363 g/mol. The predicted octanol–water partition coefficient (Wildman–Crippen LogP) is 4.26. The Hall–Kier alpha value is -2.66. The van der Waals surface area contributed by atoms with E-state index in [1.807, 2.05) is 25.1 Å². The summed E-state index contributed by atoms with van der Waals surface area (Å²) in [5, 5.41) is 2.13. The number of esters is 1. The summed E-state index contributed by atoms with van der Waals surface area (Å²) in [5.74, 6) is -0.178. The number of nitrogens with one attached hydrogen (secondary N) is 1. The second-order valence-electron chi connectivity index (χ2n) is 7.31. The third-order valence-electron chi connectivity index (χ3n) is 5.36. The number of pyridine rings is 1. The van der Waals surface area contributed by atoms with Crippen molar-refractivity contribution < 1.29 is 9.53 Å². The molecular weight excluding hydrogens is 338 g/mol. The van der Waals surface area contributed by atoms with Crippen LogP contribution in [0.15, 0.2) is 42.5 Å². The minimum absolute atomic E-state index is 0.186. The van der Waals surface area contributed by atoms with E-state index in [0.717, 1.165) is 40.3 Å². The molecule has 0 radical (unpaired) electrons. The molecule has 2 unspecified atom stereocenters. The molecule has 0 fully saturated rings. The normalized spacial score (nSPS) is 19.9. The molecule has 3 aromatic rings. The molecule has 1 N–H and O–H groups in total. The second-order valence-corrected chi connectivity index (χ2v) is 7.31. The average Bonchev–Trinajstić information content (AvgIpc) is 3.06. The van der Waals surface area contributed by atoms with Gasteiger partial charge in [-0.3, -0.25) is 0 Å². The van der Waals surface area contributed by atoms with Gasteiger partial charge in [-0.25, -0.2) is 9.78 Å². The van der Waals surface area contributed by atoms with E-state index in [-0.39, 0.29) is 11.9 Å². The standard InChI is InChI=1S/C22H25N3O2/c1-4-27-22(26)19-13-17-16-7-5-6-8-18(16)23-21(17)20(24-19)14-9-11-15(12-10-14)25(2)3/h5-9,11,13-15,23H,4,10,12H2,1-3H3. The van der Waals surface area contributed by atoms with Crippen LogP contribution in [0.2, 0.25) is 0 Å². The van der Waals surface area contributed by atoms with Crippen LogP contribution in [-0.2, 0) is 4.74 Å². The molecule has 4 rings (SSSR count). The number of benzene rings is 1. The van der Waals surface area contributed by atoms with Crippen molar-refractivity contribution in [2.45, 2.75) is 31.7 Å². The molecule has 1 aromatic carbocycles. The quantitative estimate of drug-likeness (QED) is 0.556. The fourth-order valence-corrected chi connectivity index (χ4v) is 3.91. The van der Waals surface area contributed by atoms with E-state index in [2.05, 4.69) is 48.3 Å². The first-order valence-corrected chi connectivity index (χ1v) is 9.51. The van der Waals surface area contributed by atoms with Crippen molar-refractivity contribution in [1.82, 2.24) is 14.9 Å². The van der Waals surface area contributed by atoms with Crippen LogP contribution in [-0.4, -0.2) is 47.6 Å². The summed E-state index contributed by atoms with van der Waals surface area (Å²) >= 11 is 0. The maximum atomic E-state index is 12.4. The highest BCUT2D eigenvalue weighted by atomic mass is 16.5. The zero-order valence-electron chi connectivity index (χ0n) is 16.0. The fraction of sp³-hybridized carbons (Fsp3) is 0.364. The lowest BCUT2D eigenvalue weighted by Crippen LogP contribution is -2.28. The SMILES string of the molecule is CCOC(=O)c1cc2c([nH]c3ccccc32)c(C2C=CC(N(C)C)CC2)n1. The summed E-state index contributed by atoms with van der Waals surface area (Å²) in [6, 6.07) is 10.5. The van der Waals surface area contributed by atoms with Crippen LogP contribution in [0, 0.1) is 0 Å². The predicted molar refractivity (Wildman–Crippen MR) is 108 cm³/mol. The number of H-pyrrole nitrogens is 1. The van der Waals surface area contributed by atoms with E-state index in [1.165, 1.54) is 0 Å². The van der Waals surface area contributed by atoms with Crippen molar-refractivity contribution in [1.29, 1.82) is 0 Å². The fourth-order valence-electron chi connectivity index (χ4n) is 3.91. The van der Waals surface area contributed by atoms with Gasteiger partial charge in [0.2, 0.25) is 0 Å². The van der Waals surface area contributed by atoms with E-state index in [0.29, 0.717) is 18.3 Å². The van der Waals surface area contributed by atoms with Crippen molar-refractivity contribution in [3.8, 4) is 0 Å². The van der Waals surface area contributed by atoms with Gasteiger partial charge < -0.3 is 14.6 Å². The molecule has 2 heterocycles. The molecule has 1 aliphatic carbocycles. The molecule has 0 aliphatic heterocycles. The highest BCUT2D eigenvalue weighted by molar-refractivity contribution is 6.09. The summed E-state index contributed by atoms with van der Waals surface area (Å²) in [5.41, 5.74) is 3.39. The van der Waals surface area contributed by atoms with Crippen LogP contribution in [0.3, 0.4) is 0 Å². The first-order valence-electron chi connectivity index (χ1n) is 9.51. The number of aromatic amines is 1. The highest BCUT2D eigenvalue weighted by Crippen LogP contribution is 2.35. The van der Waals surface area contributed by atoms with Crippen LogP contribution in [0.25, 0.3) is 21.8 Å². The molecule has 27 heavy (non-hydrogen) atoms. The number of carbonyl (C=O) groups excluding carboxylic acids is 1. The Bertz CT molecular complexity index is 1020. The molecular formula is C22H25N3O2. The maximum Gasteiger partial charge on any atom is 0.356 e. The number of hydrogen-bond donors (Lipinski definition) is 1. The van der Waals surface area contributed by atoms with E-state index in [1.54, 1.807) is 0 Å². The lowest BCUT2D eigenvalue weighted by atomic mass is 9.88. The first-order chi connectivity index (χ1) is 13.1. The van der Waals surface area contributed by atoms with E-state index < -0.39 is 0 Å². The van der Waals surface area contributed by atoms with Gasteiger partial charge >= 0.3 is 5.97 Å². The van der Waals surface area contributed by atoms with Gasteiger partial charge in [0, 0.05) is 28.2 Å². The molecule has 0 saturated heterocycles. The van der Waals surface area contributed by atoms with E-state index >= 15 is 0 Å². The van der Waals surface area contributed by atoms with Crippen LogP contribution in [0.4, 0.5) is 0 Å². The number of allylic oxidation sites excluding steroid dienone is 1. The van der Waals surface area contributed by atoms with Gasteiger partial charge in [-0.15, -0.1) is 0 Å². The Labute approximate surface area is 159 Å². The van der Waals surface area contributed by atoms with Gasteiger partial charge in [0.25, 0.3) is 0 Å². The number of aromatic nitrogens is 2. The molecule has 2 atom stereocenters. The largest absolute Gasteiger partial charge is 0.461 e. The molecule has 0 spiro atoms. The number of hydrogen-bond acceptors (Lipinski definition) is 4. The number of fused-ring (bicyclic) bond motifs is 3. The van der Waals surface area contributed by atoms with Gasteiger partial charge in [-0.1, -0.05) is 30.4 Å². The molecule has 5 heteroatoms. The molecule has 2 aromatic heterocycles. The van der Waals surface area contributed by atoms with Gasteiger partial charge in [-0.05, 0) is 46.0 Å². The van der Waals surface area contributed by atoms with Crippen molar-refractivity contribution in [3.05, 3.63) is 53.9 Å². The molecule has 140 valence electrons. The van der Waals surface area contributed by atoms with E-state index in [9.17, 15) is 4.79 Å². The Morgan fingerprint density at radius 2 is 2.04 bits per heavy atom. The molecule has 0 saturated carbocycles. The molecule has 0 bridgehead atoms. The molecule has 0 amide bonds. The first kappa shape index (κ1) is 17.7. The van der Waals surface area contributed by atoms with Gasteiger partial charge in [0.15, 0.2) is 0 Å². The zero-order chi connectivity index (χ0) is 19.0. The number of likely N-dealkylation sites (N-methyl/N-ethyl adjacent to an activating group) is 1. The number of ether oxygens (including phenoxy) is 1. The summed E-state index contributed by atoms with van der Waals surface area (Å²) in [7, 11) is 4.20. The third-order valence-corrected chi connectivity index (χ3v) is 5.36. The lowest BCUT2D eigenvalue weighted by molar-refractivity contribution is 0.0519. The van der Waals surface area contributed by atoms with Crippen molar-refractivity contribution >= 4 is 27.8 Å². The monoisotopic (exact) mass is 363 g/mol. The number of nitrogens with zero attached hydrogens (tertiary/aromatic N) is 2. The van der Waals surface area contributed by atoms with Gasteiger partial charge in [0.1, 0.15) is 5.69 Å². The van der Waals surface area contributed by atoms with Crippen LogP contribution >= 0.6 is 0 Å². The Kier molecular flexibility index (Phi) is 4.70. The summed E-state index contributed by atoms with van der Waals surface area (Å²) in [6.07, 6.45) is 6.56. The Morgan fingerprint density at radius 3 is 2.74 bits per heavy atom. The molecule has 5 nitrogen and oxygen atoms in total. The minimum Gasteiger partial charge on any atom is -0.461 e. The van der Waals surface area contributed by atoms with Crippen molar-refractivity contribution in [2.24, 2.45) is 0 Å². The Morgan fingerprint density at radius 1 is 1.22 bits per heavy atom. The summed E-state index contributed by atoms with van der Waals surface area (Å²) < 4.78 is 5.22. The second kappa shape index (κ2) is 7.16. The van der Waals surface area contributed by atoms with Gasteiger partial charge in [-0.2, -0.15) is 0 Å². The summed E-state index contributed by atoms with van der Waals surface area (Å²) in [4.78, 5) is 22.9. The highest BCUT2D eigenvalue weighted by Gasteiger charge is 2.24. The number of rotatable bonds is 4. The van der Waals surface area contributed by atoms with E-state index in [4.69, 9.17) is 9.72 Å². The minimum atomic E-state index is -0.364. The summed E-state index contributed by atoms with van der Waals surface area (Å²) in [6.45, 7) is 2.16. The Balaban J connectivity index is 1.87. The lowest BCUT2D eigenvalue weighted by Gasteiger charge is -2.27. The zero-order valence-corrected chi connectivity index (χ0v) is 16.0. The van der Waals surface area contributed by atoms with Crippen LogP contribution < -0.4 is 0 Å². The topological polar surface area (TPSA) is 58.2 Å². The number of carbonyl (C=O) groups is 1. The maximum absolute atomic E-state index is 12.4. The van der Waals surface area contributed by atoms with Gasteiger partial charge in [0.05, 0.1) is 17.8 Å². The van der Waals surface area contributed by atoms with Crippen molar-refractivity contribution in [3.63, 3.8) is 0 Å². The van der Waals surface area contributed by atoms with Crippen molar-refractivity contribution in [2.75, 3.05) is 20.7 Å².